The van der Waals surface area contributed by atoms with Gasteiger partial charge in [-0.25, -0.2) is 0 Å². The van der Waals surface area contributed by atoms with Gasteiger partial charge >= 0.3 is 0 Å². The summed E-state index contributed by atoms with van der Waals surface area (Å²) in [6.07, 6.45) is 0. The van der Waals surface area contributed by atoms with Gasteiger partial charge in [-0.2, -0.15) is 0 Å². The third-order valence-corrected chi connectivity index (χ3v) is 4.44. The highest BCUT2D eigenvalue weighted by atomic mass is 32.1. The monoisotopic (exact) mass is 242 g/mol. The second-order valence-corrected chi connectivity index (χ2v) is 6.22. The Kier molecular flexibility index (Phi) is 3.34. The Morgan fingerprint density at radius 1 is 1.31 bits per heavy atom. The van der Waals surface area contributed by atoms with Crippen molar-refractivity contribution in [1.29, 1.82) is 0 Å². The minimum absolute atomic E-state index is 0.0771. The van der Waals surface area contributed by atoms with Gasteiger partial charge < -0.3 is 10.6 Å². The predicted octanol–water partition coefficient (Wildman–Crippen LogP) is 1.80. The molecule has 1 saturated carbocycles. The standard InChI is InChI=1S/C12H22N2OS/c1-6-14(7-8(13)16)10(15)9-11(2,3)12(9,4)5/h9H,6-7H2,1-5H3,(H2,13,16). The van der Waals surface area contributed by atoms with Gasteiger partial charge in [0.2, 0.25) is 5.91 Å². The first kappa shape index (κ1) is 13.4. The predicted molar refractivity (Wildman–Crippen MR) is 70.1 cm³/mol. The zero-order valence-electron chi connectivity index (χ0n) is 10.8. The van der Waals surface area contributed by atoms with Crippen LogP contribution in [0.15, 0.2) is 0 Å². The Bertz CT molecular complexity index is 309. The normalized spacial score (nSPS) is 21.6. The van der Waals surface area contributed by atoms with E-state index < -0.39 is 0 Å². The molecule has 0 bridgehead atoms. The van der Waals surface area contributed by atoms with E-state index in [0.29, 0.717) is 18.1 Å². The minimum atomic E-state index is 0.0771. The number of hydrogen-bond donors (Lipinski definition) is 1. The van der Waals surface area contributed by atoms with Crippen LogP contribution < -0.4 is 5.73 Å². The maximum atomic E-state index is 12.3. The lowest BCUT2D eigenvalue weighted by molar-refractivity contribution is -0.132. The van der Waals surface area contributed by atoms with E-state index in [1.54, 1.807) is 4.90 Å². The van der Waals surface area contributed by atoms with Crippen LogP contribution in [-0.4, -0.2) is 28.9 Å². The number of likely N-dealkylation sites (N-methyl/N-ethyl adjacent to an activating group) is 1. The van der Waals surface area contributed by atoms with Gasteiger partial charge in [0.05, 0.1) is 11.5 Å². The Morgan fingerprint density at radius 3 is 2.00 bits per heavy atom. The summed E-state index contributed by atoms with van der Waals surface area (Å²) in [5.74, 6) is 0.277. The number of thiocarbonyl (C=S) groups is 1. The molecule has 1 amide bonds. The molecule has 0 heterocycles. The van der Waals surface area contributed by atoms with Crippen molar-refractivity contribution in [3.63, 3.8) is 0 Å². The van der Waals surface area contributed by atoms with Crippen LogP contribution in [0.5, 0.6) is 0 Å². The first-order chi connectivity index (χ1) is 7.16. The van der Waals surface area contributed by atoms with E-state index in [4.69, 9.17) is 18.0 Å². The molecule has 2 N–H and O–H groups in total. The summed E-state index contributed by atoms with van der Waals surface area (Å²) in [5, 5.41) is 0. The molecular formula is C12H22N2OS. The van der Waals surface area contributed by atoms with E-state index in [-0.39, 0.29) is 22.7 Å². The zero-order valence-corrected chi connectivity index (χ0v) is 11.6. The number of nitrogens with zero attached hydrogens (tertiary/aromatic N) is 1. The van der Waals surface area contributed by atoms with Crippen molar-refractivity contribution in [3.05, 3.63) is 0 Å². The molecule has 0 aliphatic heterocycles. The second kappa shape index (κ2) is 3.99. The lowest BCUT2D eigenvalue weighted by atomic mass is 10.0. The second-order valence-electron chi connectivity index (χ2n) is 5.70. The molecule has 0 unspecified atom stereocenters. The highest BCUT2D eigenvalue weighted by Crippen LogP contribution is 2.68. The van der Waals surface area contributed by atoms with Gasteiger partial charge in [0.1, 0.15) is 0 Å². The number of nitrogens with two attached hydrogens (primary N) is 1. The topological polar surface area (TPSA) is 46.3 Å². The molecule has 0 aromatic carbocycles. The van der Waals surface area contributed by atoms with Gasteiger partial charge in [0.25, 0.3) is 0 Å². The molecule has 92 valence electrons. The fourth-order valence-corrected chi connectivity index (χ4v) is 2.69. The fraction of sp³-hybridized carbons (Fsp3) is 0.833. The Morgan fingerprint density at radius 2 is 1.75 bits per heavy atom. The summed E-state index contributed by atoms with van der Waals surface area (Å²) in [4.78, 5) is 14.4. The van der Waals surface area contributed by atoms with E-state index in [2.05, 4.69) is 27.7 Å². The van der Waals surface area contributed by atoms with Crippen molar-refractivity contribution in [3.8, 4) is 0 Å². The van der Waals surface area contributed by atoms with Gasteiger partial charge in [0, 0.05) is 12.5 Å². The average molecular weight is 242 g/mol. The number of carbonyl (C=O) groups is 1. The SMILES string of the molecule is CCN(CC(N)=S)C(=O)C1C(C)(C)C1(C)C. The molecule has 1 fully saturated rings. The summed E-state index contributed by atoms with van der Waals surface area (Å²) in [5.41, 5.74) is 5.65. The van der Waals surface area contributed by atoms with Crippen molar-refractivity contribution in [2.24, 2.45) is 22.5 Å². The van der Waals surface area contributed by atoms with Crippen LogP contribution in [0.25, 0.3) is 0 Å². The number of hydrogen-bond acceptors (Lipinski definition) is 2. The van der Waals surface area contributed by atoms with Crippen molar-refractivity contribution < 1.29 is 4.79 Å². The van der Waals surface area contributed by atoms with Crippen molar-refractivity contribution in [1.82, 2.24) is 4.90 Å². The van der Waals surface area contributed by atoms with Gasteiger partial charge in [-0.05, 0) is 17.8 Å². The highest BCUT2D eigenvalue weighted by molar-refractivity contribution is 7.80. The molecule has 0 aromatic heterocycles. The quantitative estimate of drug-likeness (QED) is 0.765. The van der Waals surface area contributed by atoms with E-state index in [1.807, 2.05) is 6.92 Å². The van der Waals surface area contributed by atoms with Crippen molar-refractivity contribution >= 4 is 23.1 Å². The van der Waals surface area contributed by atoms with Crippen LogP contribution in [0.4, 0.5) is 0 Å². The Hall–Kier alpha value is -0.640. The number of carbonyl (C=O) groups excluding carboxylic acids is 1. The first-order valence-electron chi connectivity index (χ1n) is 5.73. The van der Waals surface area contributed by atoms with Gasteiger partial charge in [-0.3, -0.25) is 4.79 Å². The molecule has 1 aliphatic carbocycles. The van der Waals surface area contributed by atoms with Crippen LogP contribution in [0.2, 0.25) is 0 Å². The largest absolute Gasteiger partial charge is 0.392 e. The van der Waals surface area contributed by atoms with E-state index in [0.717, 1.165) is 0 Å². The molecule has 0 atom stereocenters. The average Bonchev–Trinajstić information content (AvgIpc) is 2.52. The van der Waals surface area contributed by atoms with Gasteiger partial charge in [0.15, 0.2) is 0 Å². The maximum Gasteiger partial charge on any atom is 0.227 e. The van der Waals surface area contributed by atoms with Crippen LogP contribution in [0.3, 0.4) is 0 Å². The molecular weight excluding hydrogens is 220 g/mol. The van der Waals surface area contributed by atoms with Crippen molar-refractivity contribution in [2.45, 2.75) is 34.6 Å². The Labute approximate surface area is 103 Å². The zero-order chi connectivity index (χ0) is 12.7. The fourth-order valence-electron chi connectivity index (χ4n) is 2.53. The van der Waals surface area contributed by atoms with Crippen LogP contribution >= 0.6 is 12.2 Å². The maximum absolute atomic E-state index is 12.3. The molecule has 0 spiro atoms. The van der Waals surface area contributed by atoms with Crippen LogP contribution in [0.1, 0.15) is 34.6 Å². The van der Waals surface area contributed by atoms with Gasteiger partial charge in [-0.15, -0.1) is 0 Å². The molecule has 1 rings (SSSR count). The molecule has 0 saturated heterocycles. The third kappa shape index (κ3) is 1.95. The molecule has 4 heteroatoms. The number of rotatable bonds is 4. The Balaban J connectivity index is 2.76. The number of amides is 1. The van der Waals surface area contributed by atoms with E-state index >= 15 is 0 Å². The molecule has 0 aromatic rings. The smallest absolute Gasteiger partial charge is 0.227 e. The molecule has 1 aliphatic rings. The molecule has 16 heavy (non-hydrogen) atoms. The highest BCUT2D eigenvalue weighted by Gasteiger charge is 2.68. The lowest BCUT2D eigenvalue weighted by Gasteiger charge is -2.21. The minimum Gasteiger partial charge on any atom is -0.392 e. The third-order valence-electron chi connectivity index (χ3n) is 4.31. The molecule has 3 nitrogen and oxygen atoms in total. The first-order valence-corrected chi connectivity index (χ1v) is 6.14. The van der Waals surface area contributed by atoms with E-state index in [9.17, 15) is 4.79 Å². The summed E-state index contributed by atoms with van der Waals surface area (Å²) in [6, 6.07) is 0. The summed E-state index contributed by atoms with van der Waals surface area (Å²) < 4.78 is 0. The van der Waals surface area contributed by atoms with Crippen molar-refractivity contribution in [2.75, 3.05) is 13.1 Å². The van der Waals surface area contributed by atoms with Crippen LogP contribution in [0, 0.1) is 16.7 Å². The van der Waals surface area contributed by atoms with Crippen LogP contribution in [-0.2, 0) is 4.79 Å². The summed E-state index contributed by atoms with van der Waals surface area (Å²) in [7, 11) is 0. The summed E-state index contributed by atoms with van der Waals surface area (Å²) in [6.45, 7) is 11.6. The lowest BCUT2D eigenvalue weighted by Crippen LogP contribution is -2.39. The van der Waals surface area contributed by atoms with E-state index in [1.165, 1.54) is 0 Å². The molecule has 0 radical (unpaired) electrons. The summed E-state index contributed by atoms with van der Waals surface area (Å²) >= 11 is 4.86. The van der Waals surface area contributed by atoms with Gasteiger partial charge in [-0.1, -0.05) is 39.9 Å².